The standard InChI is InChI=1S/C38H44Cl2N8O8S/c1-24-20-28(8-10-31(24)44-37-42-23-26-22-30(40)36(51)48(35(26)46-37)27-4-2-3-5-27)57(53,54)43-14-17-56-19-18-55-16-13-41-33(49)11-7-25-6-9-29(39)32(21-25)47-15-12-34(50)45-38(47)52/h6,8-10,20-23,27,43H,2-5,7,11-19H2,1H3,(H,41,49)(H,42,44,46)(H,45,50,52). The smallest absolute Gasteiger partial charge is 0.328 e. The molecule has 3 heterocycles. The Morgan fingerprint density at radius 2 is 1.72 bits per heavy atom. The summed E-state index contributed by atoms with van der Waals surface area (Å²) >= 11 is 12.5. The zero-order valence-corrected chi connectivity index (χ0v) is 33.6. The molecule has 2 aliphatic rings. The maximum Gasteiger partial charge on any atom is 0.328 e. The number of ether oxygens (including phenoxy) is 2. The number of sulfonamides is 1. The lowest BCUT2D eigenvalue weighted by molar-refractivity contribution is -0.121. The van der Waals surface area contributed by atoms with Crippen LogP contribution in [0.1, 0.15) is 55.7 Å². The molecule has 2 aromatic carbocycles. The molecular formula is C38H44Cl2N8O8S. The normalized spacial score (nSPS) is 15.0. The van der Waals surface area contributed by atoms with E-state index >= 15 is 0 Å². The van der Waals surface area contributed by atoms with Gasteiger partial charge >= 0.3 is 6.03 Å². The van der Waals surface area contributed by atoms with E-state index in [4.69, 9.17) is 32.7 Å². The molecule has 0 radical (unpaired) electrons. The van der Waals surface area contributed by atoms with Gasteiger partial charge in [-0.15, -0.1) is 0 Å². The SMILES string of the molecule is Cc1cc(S(=O)(=O)NCCOCCOCCNC(=O)CCc2ccc(Cl)c(N3CCC(=O)NC3=O)c2)ccc1Nc1ncc2cc(Cl)c(=O)n(C3CCCC3)c2n1. The van der Waals surface area contributed by atoms with Crippen molar-refractivity contribution in [2.45, 2.75) is 62.8 Å². The Balaban J connectivity index is 0.870. The van der Waals surface area contributed by atoms with E-state index in [1.807, 2.05) is 0 Å². The summed E-state index contributed by atoms with van der Waals surface area (Å²) in [5.74, 6) is -0.232. The Morgan fingerprint density at radius 1 is 0.965 bits per heavy atom. The number of rotatable bonds is 18. The Bertz CT molecular complexity index is 2300. The molecule has 1 saturated heterocycles. The van der Waals surface area contributed by atoms with E-state index in [-0.39, 0.29) is 91.6 Å². The number of aryl methyl sites for hydroxylation is 2. The summed E-state index contributed by atoms with van der Waals surface area (Å²) in [5, 5.41) is 9.38. The summed E-state index contributed by atoms with van der Waals surface area (Å²) in [4.78, 5) is 59.6. The molecule has 4 aromatic rings. The summed E-state index contributed by atoms with van der Waals surface area (Å²) in [6.45, 7) is 3.23. The van der Waals surface area contributed by atoms with Gasteiger partial charge in [-0.1, -0.05) is 42.1 Å². The Labute approximate surface area is 339 Å². The molecule has 4 N–H and O–H groups in total. The van der Waals surface area contributed by atoms with Crippen molar-refractivity contribution in [2.24, 2.45) is 0 Å². The fourth-order valence-corrected chi connectivity index (χ4v) is 8.21. The molecule has 6 rings (SSSR count). The highest BCUT2D eigenvalue weighted by atomic mass is 35.5. The number of amides is 4. The van der Waals surface area contributed by atoms with Crippen molar-refractivity contribution in [3.8, 4) is 0 Å². The van der Waals surface area contributed by atoms with Crippen LogP contribution in [-0.2, 0) is 35.5 Å². The molecule has 19 heteroatoms. The first-order valence-electron chi connectivity index (χ1n) is 18.7. The lowest BCUT2D eigenvalue weighted by Gasteiger charge is -2.27. The van der Waals surface area contributed by atoms with Crippen molar-refractivity contribution in [2.75, 3.05) is 56.3 Å². The largest absolute Gasteiger partial charge is 0.378 e. The number of carbonyl (C=O) groups excluding carboxylic acids is 3. The number of nitrogens with one attached hydrogen (secondary N) is 4. The number of hydrogen-bond donors (Lipinski definition) is 4. The first-order valence-corrected chi connectivity index (χ1v) is 20.9. The predicted octanol–water partition coefficient (Wildman–Crippen LogP) is 4.77. The van der Waals surface area contributed by atoms with Crippen molar-refractivity contribution in [1.82, 2.24) is 29.9 Å². The van der Waals surface area contributed by atoms with E-state index in [1.165, 1.54) is 11.0 Å². The fraction of sp³-hybridized carbons (Fsp3) is 0.421. The van der Waals surface area contributed by atoms with Crippen LogP contribution in [-0.4, -0.2) is 86.9 Å². The van der Waals surface area contributed by atoms with Crippen molar-refractivity contribution < 1.29 is 32.3 Å². The van der Waals surface area contributed by atoms with Crippen molar-refractivity contribution in [3.05, 3.63) is 80.2 Å². The molecule has 2 fully saturated rings. The highest BCUT2D eigenvalue weighted by molar-refractivity contribution is 7.89. The van der Waals surface area contributed by atoms with E-state index in [0.717, 1.165) is 31.2 Å². The zero-order valence-electron chi connectivity index (χ0n) is 31.3. The third-order valence-electron chi connectivity index (χ3n) is 9.65. The van der Waals surface area contributed by atoms with Gasteiger partial charge < -0.3 is 20.1 Å². The molecule has 0 unspecified atom stereocenters. The van der Waals surface area contributed by atoms with Crippen LogP contribution in [0.3, 0.4) is 0 Å². The van der Waals surface area contributed by atoms with E-state index in [2.05, 4.69) is 30.6 Å². The Morgan fingerprint density at radius 3 is 2.46 bits per heavy atom. The van der Waals surface area contributed by atoms with Gasteiger partial charge in [-0.25, -0.2) is 22.9 Å². The van der Waals surface area contributed by atoms with Crippen LogP contribution in [0.5, 0.6) is 0 Å². The van der Waals surface area contributed by atoms with Gasteiger partial charge in [-0.05, 0) is 73.7 Å². The maximum absolute atomic E-state index is 13.0. The molecule has 1 aliphatic carbocycles. The monoisotopic (exact) mass is 842 g/mol. The molecule has 304 valence electrons. The minimum Gasteiger partial charge on any atom is -0.378 e. The molecule has 0 bridgehead atoms. The Hall–Kier alpha value is -4.65. The molecule has 1 saturated carbocycles. The topological polar surface area (TPSA) is 203 Å². The van der Waals surface area contributed by atoms with Crippen molar-refractivity contribution >= 4 is 79.4 Å². The third kappa shape index (κ3) is 10.9. The average molecular weight is 844 g/mol. The first-order chi connectivity index (χ1) is 27.4. The van der Waals surface area contributed by atoms with Crippen LogP contribution in [0.4, 0.5) is 22.1 Å². The minimum atomic E-state index is -3.82. The molecular weight excluding hydrogens is 799 g/mol. The summed E-state index contributed by atoms with van der Waals surface area (Å²) in [7, 11) is -3.82. The second-order valence-electron chi connectivity index (χ2n) is 13.7. The first kappa shape index (κ1) is 42.0. The Kier molecular flexibility index (Phi) is 14.1. The average Bonchev–Trinajstić information content (AvgIpc) is 3.71. The van der Waals surface area contributed by atoms with Gasteiger partial charge in [0, 0.05) is 55.8 Å². The number of aromatic nitrogens is 3. The lowest BCUT2D eigenvalue weighted by Crippen LogP contribution is -2.49. The van der Waals surface area contributed by atoms with Gasteiger partial charge in [0.25, 0.3) is 5.56 Å². The second-order valence-corrected chi connectivity index (χ2v) is 16.3. The maximum atomic E-state index is 13.0. The molecule has 0 atom stereocenters. The van der Waals surface area contributed by atoms with E-state index in [0.29, 0.717) is 46.0 Å². The summed E-state index contributed by atoms with van der Waals surface area (Å²) in [6, 6.07) is 10.9. The molecule has 4 amide bonds. The summed E-state index contributed by atoms with van der Waals surface area (Å²) in [6.07, 6.45) is 6.26. The van der Waals surface area contributed by atoms with Gasteiger partial charge in [-0.2, -0.15) is 4.98 Å². The van der Waals surface area contributed by atoms with Crippen LogP contribution < -0.4 is 31.1 Å². The molecule has 1 aliphatic heterocycles. The van der Waals surface area contributed by atoms with Gasteiger partial charge in [0.15, 0.2) is 0 Å². The highest BCUT2D eigenvalue weighted by Crippen LogP contribution is 2.32. The highest BCUT2D eigenvalue weighted by Gasteiger charge is 2.26. The van der Waals surface area contributed by atoms with Gasteiger partial charge in [-0.3, -0.25) is 29.2 Å². The molecule has 16 nitrogen and oxygen atoms in total. The van der Waals surface area contributed by atoms with Gasteiger partial charge in [0.2, 0.25) is 27.8 Å². The van der Waals surface area contributed by atoms with E-state index in [9.17, 15) is 27.6 Å². The number of halogens is 2. The number of fused-ring (bicyclic) bond motifs is 1. The van der Waals surface area contributed by atoms with Crippen molar-refractivity contribution in [1.29, 1.82) is 0 Å². The number of nitrogens with zero attached hydrogens (tertiary/aromatic N) is 4. The lowest BCUT2D eigenvalue weighted by atomic mass is 10.1. The zero-order chi connectivity index (χ0) is 40.5. The summed E-state index contributed by atoms with van der Waals surface area (Å²) in [5.41, 5.74) is 2.79. The number of carbonyl (C=O) groups is 3. The number of hydrogen-bond acceptors (Lipinski definition) is 11. The van der Waals surface area contributed by atoms with Gasteiger partial charge in [0.1, 0.15) is 10.7 Å². The fourth-order valence-electron chi connectivity index (χ4n) is 6.69. The number of urea groups is 1. The van der Waals surface area contributed by atoms with Crippen LogP contribution in [0.2, 0.25) is 10.0 Å². The third-order valence-corrected chi connectivity index (χ3v) is 11.7. The molecule has 2 aromatic heterocycles. The van der Waals surface area contributed by atoms with Crippen LogP contribution >= 0.6 is 23.2 Å². The van der Waals surface area contributed by atoms with E-state index < -0.39 is 16.1 Å². The quantitative estimate of drug-likeness (QED) is 0.101. The van der Waals surface area contributed by atoms with Crippen LogP contribution in [0.15, 0.2) is 58.4 Å². The number of benzene rings is 2. The number of pyridine rings is 1. The van der Waals surface area contributed by atoms with Crippen molar-refractivity contribution in [3.63, 3.8) is 0 Å². The van der Waals surface area contributed by atoms with Crippen LogP contribution in [0.25, 0.3) is 11.0 Å². The van der Waals surface area contributed by atoms with E-state index in [1.54, 1.807) is 54.1 Å². The molecule has 57 heavy (non-hydrogen) atoms. The number of anilines is 3. The second kappa shape index (κ2) is 19.2. The number of imide groups is 1. The predicted molar refractivity (Wildman–Crippen MR) is 216 cm³/mol. The minimum absolute atomic E-state index is 0.0243. The van der Waals surface area contributed by atoms with Crippen LogP contribution in [0, 0.1) is 6.92 Å². The van der Waals surface area contributed by atoms with Gasteiger partial charge in [0.05, 0.1) is 42.0 Å². The molecule has 0 spiro atoms. The summed E-state index contributed by atoms with van der Waals surface area (Å²) < 4.78 is 41.2.